The van der Waals surface area contributed by atoms with Gasteiger partial charge in [0.2, 0.25) is 53.7 Å². The number of carbonyl (C=O) groups excluding carboxylic acids is 9. The van der Waals surface area contributed by atoms with E-state index in [1.165, 1.54) is 90.1 Å². The number of benzene rings is 4. The number of aromatic amines is 3. The number of amidine groups is 1. The van der Waals surface area contributed by atoms with Crippen LogP contribution in [0.5, 0.6) is 5.75 Å². The molecular formula is C68H79F2N15O12S2. The summed E-state index contributed by atoms with van der Waals surface area (Å²) in [5.41, 5.74) is 8.90. The van der Waals surface area contributed by atoms with Crippen LogP contribution in [0.1, 0.15) is 79.0 Å². The Labute approximate surface area is 576 Å². The van der Waals surface area contributed by atoms with Gasteiger partial charge in [0.25, 0.3) is 0 Å². The first-order chi connectivity index (χ1) is 47.7. The number of carboxylic acids is 1. The van der Waals surface area contributed by atoms with Crippen LogP contribution in [0, 0.1) is 11.6 Å². The Morgan fingerprint density at radius 2 is 1.28 bits per heavy atom. The predicted octanol–water partition coefficient (Wildman–Crippen LogP) is 2.96. The fraction of sp³-hybridized carbons (Fsp3) is 0.382. The summed E-state index contributed by atoms with van der Waals surface area (Å²) in [7, 11) is 0. The van der Waals surface area contributed by atoms with E-state index in [2.05, 4.69) is 68.5 Å². The maximum Gasteiger partial charge on any atom is 0.305 e. The molecule has 9 rings (SSSR count). The number of H-pyrrole nitrogens is 3. The third-order valence-corrected chi connectivity index (χ3v) is 19.1. The van der Waals surface area contributed by atoms with Crippen molar-refractivity contribution in [3.63, 3.8) is 0 Å². The van der Waals surface area contributed by atoms with Gasteiger partial charge in [-0.3, -0.25) is 52.9 Å². The van der Waals surface area contributed by atoms with Gasteiger partial charge in [0.05, 0.1) is 31.4 Å². The minimum atomic E-state index is -2.02. The first-order valence-corrected chi connectivity index (χ1v) is 34.5. The number of thioether (sulfide) groups is 2. The number of fused-ring (bicyclic) bond motifs is 5. The Balaban J connectivity index is 1.06. The number of phenols is 1. The highest BCUT2D eigenvalue weighted by molar-refractivity contribution is 7.98. The van der Waals surface area contributed by atoms with Gasteiger partial charge in [0.1, 0.15) is 59.5 Å². The number of amides is 9. The van der Waals surface area contributed by atoms with Crippen LogP contribution in [-0.4, -0.2) is 180 Å². The Morgan fingerprint density at radius 3 is 1.89 bits per heavy atom. The highest BCUT2D eigenvalue weighted by Gasteiger charge is 2.46. The summed E-state index contributed by atoms with van der Waals surface area (Å²) in [4.78, 5) is 161. The number of halogens is 2. The number of rotatable bonds is 14. The van der Waals surface area contributed by atoms with Gasteiger partial charge in [-0.2, -0.15) is 23.5 Å². The fourth-order valence-electron chi connectivity index (χ4n) is 12.0. The van der Waals surface area contributed by atoms with Crippen molar-refractivity contribution >= 4 is 111 Å². The molecule has 5 heterocycles. The standard InChI is InChI=1S/C68H79F2N15O12S2/c1-68-17-4-20-85(68)66(97)57(24-39-8-12-47(87)13-9-39)84-64(95)55(29-46-33-72-37-77-46)82-65(96)56(30-60(90)91)83-63(94)54(26-43-32-75-51-15-11-45(70)28-49(43)51)81-62(93)53(25-42-31-74-50-14-10-44(69)27-48(42)50)80-59(89)34-76-61(92)52(7-3-18-71)79-58(88)16-21-98-35-40-5-2-6-41(23-40)36-99-22-19-73-67(68)78-38-86/h2,5-6,8-15,23,27-28,31-33,37-38,52-57,74-75,87H,3-4,7,16-22,24-26,29-30,34-36,71H2,1H3,(H,72,77)(H,76,92)(H,79,88)(H,80,89)(H,81,93)(H,82,96)(H,83,94)(H,84,95)(H,90,91)(H,73,78,86)/t52-,53-,54-,55-,56-,57-,68-/m0/s1. The molecule has 15 N–H and O–H groups in total. The van der Waals surface area contributed by atoms with Crippen LogP contribution in [0.3, 0.4) is 0 Å². The number of nitrogens with one attached hydrogen (secondary N) is 11. The monoisotopic (exact) mass is 1400 g/mol. The van der Waals surface area contributed by atoms with Crippen molar-refractivity contribution in [2.75, 3.05) is 37.7 Å². The molecule has 0 saturated carbocycles. The van der Waals surface area contributed by atoms with Gasteiger partial charge in [-0.1, -0.05) is 36.4 Å². The third kappa shape index (κ3) is 20.2. The number of carbonyl (C=O) groups is 10. The highest BCUT2D eigenvalue weighted by Crippen LogP contribution is 2.32. The van der Waals surface area contributed by atoms with Gasteiger partial charge in [-0.05, 0) is 115 Å². The van der Waals surface area contributed by atoms with Crippen LogP contribution >= 0.6 is 23.5 Å². The second-order valence-electron chi connectivity index (χ2n) is 24.3. The Morgan fingerprint density at radius 1 is 0.697 bits per heavy atom. The molecule has 524 valence electrons. The number of hydrogen-bond acceptors (Lipinski definition) is 16. The van der Waals surface area contributed by atoms with Crippen LogP contribution in [0.25, 0.3) is 21.8 Å². The summed E-state index contributed by atoms with van der Waals surface area (Å²) in [6, 6.07) is 12.0. The number of aliphatic imine (C=N–C) groups is 1. The molecule has 0 aliphatic carbocycles. The van der Waals surface area contributed by atoms with Gasteiger partial charge in [0, 0.05) is 108 Å². The quantitative estimate of drug-likeness (QED) is 0.0696. The van der Waals surface area contributed by atoms with E-state index in [-0.39, 0.29) is 74.3 Å². The number of aliphatic carboxylic acids is 1. The molecule has 31 heteroatoms. The minimum absolute atomic E-state index is 0.0434. The summed E-state index contributed by atoms with van der Waals surface area (Å²) in [6.07, 6.45) is 4.96. The zero-order valence-electron chi connectivity index (χ0n) is 54.1. The molecule has 1 saturated heterocycles. The smallest absolute Gasteiger partial charge is 0.305 e. The predicted molar refractivity (Wildman–Crippen MR) is 367 cm³/mol. The SMILES string of the molecule is C[C@@]12CCCN1C(=O)[C@H](Cc1ccc(O)cc1)NC(=O)[C@H](Cc1cnc[nH]1)NC(=O)[C@H](CC(=O)O)NC(=O)[C@H](Cc1c[nH]c3ccc(F)cc13)NC(=O)[C@H](Cc1c[nH]c3ccc(F)cc13)NC(=O)CNC(=O)[C@H](CCCN)NC(=O)CCSCc1cccc(c1)CSCCN=C2NC=O. The topological polar surface area (TPSA) is 409 Å². The maximum atomic E-state index is 15.3. The summed E-state index contributed by atoms with van der Waals surface area (Å²) in [6.45, 7) is 1.62. The lowest BCUT2D eigenvalue weighted by atomic mass is 9.95. The van der Waals surface area contributed by atoms with Crippen LogP contribution in [0.2, 0.25) is 0 Å². The van der Waals surface area contributed by atoms with E-state index in [0.717, 1.165) is 11.1 Å². The number of nitrogens with zero attached hydrogens (tertiary/aromatic N) is 3. The lowest BCUT2D eigenvalue weighted by Crippen LogP contribution is -2.62. The second kappa shape index (κ2) is 34.9. The summed E-state index contributed by atoms with van der Waals surface area (Å²) in [5, 5.41) is 42.2. The number of aromatic nitrogens is 4. The molecule has 1 fully saturated rings. The average molecular weight is 1400 g/mol. The van der Waals surface area contributed by atoms with Gasteiger partial charge in [0.15, 0.2) is 0 Å². The van der Waals surface area contributed by atoms with Crippen molar-refractivity contribution in [3.8, 4) is 5.75 Å². The number of nitrogens with two attached hydrogens (primary N) is 1. The summed E-state index contributed by atoms with van der Waals surface area (Å²) >= 11 is 3.11. The van der Waals surface area contributed by atoms with Gasteiger partial charge in [-0.15, -0.1) is 0 Å². The molecule has 7 aromatic rings. The summed E-state index contributed by atoms with van der Waals surface area (Å²) in [5.74, 6) is -7.73. The Kier molecular flexibility index (Phi) is 25.8. The Hall–Kier alpha value is -10.1. The van der Waals surface area contributed by atoms with Crippen LogP contribution < -0.4 is 48.3 Å². The molecule has 4 aromatic carbocycles. The second-order valence-corrected chi connectivity index (χ2v) is 26.5. The fourth-order valence-corrected chi connectivity index (χ4v) is 13.7. The minimum Gasteiger partial charge on any atom is -0.508 e. The molecule has 99 heavy (non-hydrogen) atoms. The van der Waals surface area contributed by atoms with E-state index in [1.54, 1.807) is 30.8 Å². The number of imidazole rings is 1. The van der Waals surface area contributed by atoms with Gasteiger partial charge in [-0.25, -0.2) is 13.8 Å². The average Bonchev–Trinajstić information content (AvgIpc) is 1.68. The Bertz CT molecular complexity index is 4080. The molecule has 2 aliphatic rings. The number of hydrogen-bond donors (Lipinski definition) is 14. The van der Waals surface area contributed by atoms with Crippen molar-refractivity contribution in [3.05, 3.63) is 155 Å². The molecule has 2 aliphatic heterocycles. The third-order valence-electron chi connectivity index (χ3n) is 17.1. The van der Waals surface area contributed by atoms with E-state index in [4.69, 9.17) is 10.7 Å². The highest BCUT2D eigenvalue weighted by atomic mass is 32.2. The molecule has 27 nitrogen and oxygen atoms in total. The lowest BCUT2D eigenvalue weighted by molar-refractivity contribution is -0.142. The largest absolute Gasteiger partial charge is 0.508 e. The van der Waals surface area contributed by atoms with Crippen molar-refractivity contribution in [1.29, 1.82) is 0 Å². The molecule has 9 amide bonds. The van der Waals surface area contributed by atoms with Crippen molar-refractivity contribution < 1.29 is 66.9 Å². The molecule has 0 radical (unpaired) electrons. The van der Waals surface area contributed by atoms with Crippen molar-refractivity contribution in [2.45, 2.75) is 124 Å². The van der Waals surface area contributed by atoms with Gasteiger partial charge < -0.3 is 78.3 Å². The number of aromatic hydroxyl groups is 1. The van der Waals surface area contributed by atoms with E-state index >= 15 is 19.2 Å². The zero-order chi connectivity index (χ0) is 70.6. The van der Waals surface area contributed by atoms with E-state index in [9.17, 15) is 47.8 Å². The molecule has 2 bridgehead atoms. The molecule has 0 unspecified atom stereocenters. The number of carboxylic acid groups (broad SMARTS) is 1. The van der Waals surface area contributed by atoms with Crippen LogP contribution in [0.15, 0.2) is 115 Å². The van der Waals surface area contributed by atoms with Crippen LogP contribution in [-0.2, 0) is 85.1 Å². The maximum absolute atomic E-state index is 15.3. The van der Waals surface area contributed by atoms with Crippen molar-refractivity contribution in [2.24, 2.45) is 10.7 Å². The zero-order valence-corrected chi connectivity index (χ0v) is 55.8. The lowest BCUT2D eigenvalue weighted by Gasteiger charge is -2.38. The molecule has 0 spiro atoms. The van der Waals surface area contributed by atoms with Crippen molar-refractivity contribution in [1.82, 2.24) is 67.4 Å². The van der Waals surface area contributed by atoms with E-state index in [0.29, 0.717) is 81.9 Å². The van der Waals surface area contributed by atoms with E-state index in [1.807, 2.05) is 18.2 Å². The number of phenolic OH excluding ortho intramolecular Hbond substituents is 1. The molecule has 3 aromatic heterocycles. The first-order valence-electron chi connectivity index (χ1n) is 32.2. The first kappa shape index (κ1) is 73.1. The molecular weight excluding hydrogens is 1320 g/mol. The van der Waals surface area contributed by atoms with E-state index < -0.39 is 126 Å². The van der Waals surface area contributed by atoms with Gasteiger partial charge >= 0.3 is 5.97 Å². The molecule has 7 atom stereocenters. The van der Waals surface area contributed by atoms with Crippen LogP contribution in [0.4, 0.5) is 8.78 Å². The summed E-state index contributed by atoms with van der Waals surface area (Å²) < 4.78 is 29.8. The normalized spacial score (nSPS) is 22.1.